The zero-order valence-electron chi connectivity index (χ0n) is 10.1. The zero-order chi connectivity index (χ0) is 15.1. The van der Waals surface area contributed by atoms with Crippen LogP contribution in [0.2, 0.25) is 0 Å². The molecule has 114 valence electrons. The van der Waals surface area contributed by atoms with Crippen molar-refractivity contribution in [1.82, 2.24) is 10.7 Å². The highest BCUT2D eigenvalue weighted by Gasteiger charge is 2.51. The maximum absolute atomic E-state index is 12.8. The van der Waals surface area contributed by atoms with Crippen LogP contribution in [0.15, 0.2) is 0 Å². The molecule has 0 spiro atoms. The van der Waals surface area contributed by atoms with Gasteiger partial charge >= 0.3 is 11.8 Å². The molecule has 0 heterocycles. The highest BCUT2D eigenvalue weighted by atomic mass is 79.9. The number of alkyl halides is 2. The summed E-state index contributed by atoms with van der Waals surface area (Å²) >= 11 is 5.74. The molecule has 4 nitrogen and oxygen atoms in total. The number of carbonyl (C=O) groups is 1. The number of carbonyl (C=O) groups excluding carboxylic acids is 1. The Morgan fingerprint density at radius 1 is 1.26 bits per heavy atom. The van der Waals surface area contributed by atoms with Crippen LogP contribution in [0.25, 0.3) is 0 Å². The maximum Gasteiger partial charge on any atom is 0.335 e. The minimum Gasteiger partial charge on any atom is -0.419 e. The fraction of sp³-hybridized carbons (Fsp3) is 0.889. The first-order valence-corrected chi connectivity index (χ1v) is 7.52. The van der Waals surface area contributed by atoms with Gasteiger partial charge in [0.1, 0.15) is 4.83 Å². The minimum atomic E-state index is -3.35. The van der Waals surface area contributed by atoms with E-state index in [1.54, 1.807) is 6.92 Å². The number of halogens is 6. The third-order valence-corrected chi connectivity index (χ3v) is 4.50. The Hall–Kier alpha value is 0.0700. The van der Waals surface area contributed by atoms with Gasteiger partial charge in [0.2, 0.25) is 0 Å². The summed E-state index contributed by atoms with van der Waals surface area (Å²) in [5.41, 5.74) is 0. The van der Waals surface area contributed by atoms with Crippen molar-refractivity contribution in [1.29, 1.82) is 0 Å². The van der Waals surface area contributed by atoms with E-state index in [9.17, 15) is 22.7 Å². The maximum atomic E-state index is 12.8. The van der Waals surface area contributed by atoms with E-state index in [4.69, 9.17) is 0 Å². The molecule has 1 atom stereocenters. The van der Waals surface area contributed by atoms with Crippen LogP contribution in [0.4, 0.5) is 17.9 Å². The number of hydrogen-bond donors (Lipinski definition) is 0. The SMILES string of the molecule is CCCCCC(OC(=O)C(Br)CBr)(N(F)F)N(F)F. The lowest BCUT2D eigenvalue weighted by molar-refractivity contribution is -0.445. The molecule has 0 aliphatic rings. The fourth-order valence-electron chi connectivity index (χ4n) is 1.24. The molecule has 10 heteroatoms. The summed E-state index contributed by atoms with van der Waals surface area (Å²) in [6.45, 7) is 1.79. The average molecular weight is 418 g/mol. The van der Waals surface area contributed by atoms with E-state index in [1.807, 2.05) is 0 Å². The molecule has 0 fully saturated rings. The van der Waals surface area contributed by atoms with Crippen molar-refractivity contribution in [2.45, 2.75) is 43.3 Å². The highest BCUT2D eigenvalue weighted by Crippen LogP contribution is 2.32. The smallest absolute Gasteiger partial charge is 0.335 e. The number of nitrogens with zero attached hydrogens (tertiary/aromatic N) is 2. The van der Waals surface area contributed by atoms with Gasteiger partial charge in [0.25, 0.3) is 0 Å². The van der Waals surface area contributed by atoms with E-state index in [-0.39, 0.29) is 11.8 Å². The molecule has 0 amide bonds. The molecule has 0 saturated carbocycles. The summed E-state index contributed by atoms with van der Waals surface area (Å²) in [5.74, 6) is -4.55. The second-order valence-corrected chi connectivity index (χ2v) is 5.46. The molecular formula is C9H14Br2F4N2O2. The van der Waals surface area contributed by atoms with Crippen molar-refractivity contribution < 1.29 is 27.5 Å². The topological polar surface area (TPSA) is 32.8 Å². The molecule has 19 heavy (non-hydrogen) atoms. The lowest BCUT2D eigenvalue weighted by Gasteiger charge is -2.32. The molecule has 0 radical (unpaired) electrons. The predicted molar refractivity (Wildman–Crippen MR) is 67.6 cm³/mol. The second-order valence-electron chi connectivity index (χ2n) is 3.71. The third-order valence-electron chi connectivity index (χ3n) is 2.29. The first-order valence-electron chi connectivity index (χ1n) is 5.48. The van der Waals surface area contributed by atoms with Gasteiger partial charge < -0.3 is 4.74 Å². The normalized spacial score (nSPS) is 13.9. The van der Waals surface area contributed by atoms with Gasteiger partial charge in [-0.25, -0.2) is 0 Å². The van der Waals surface area contributed by atoms with E-state index in [2.05, 4.69) is 36.6 Å². The molecule has 0 bridgehead atoms. The largest absolute Gasteiger partial charge is 0.419 e. The Kier molecular flexibility index (Phi) is 9.12. The number of ether oxygens (including phenoxy) is 1. The summed E-state index contributed by atoms with van der Waals surface area (Å²) in [7, 11) is 0. The van der Waals surface area contributed by atoms with Crippen LogP contribution < -0.4 is 0 Å². The van der Waals surface area contributed by atoms with Crippen molar-refractivity contribution in [3.05, 3.63) is 0 Å². The molecule has 0 aliphatic carbocycles. The fourth-order valence-corrected chi connectivity index (χ4v) is 1.60. The van der Waals surface area contributed by atoms with E-state index < -0.39 is 33.8 Å². The Morgan fingerprint density at radius 2 is 1.79 bits per heavy atom. The first-order chi connectivity index (χ1) is 8.81. The van der Waals surface area contributed by atoms with Crippen molar-refractivity contribution in [2.75, 3.05) is 5.33 Å². The summed E-state index contributed by atoms with van der Waals surface area (Å²) in [4.78, 5) is 10.4. The summed E-state index contributed by atoms with van der Waals surface area (Å²) in [5, 5.41) is -3.52. The Balaban J connectivity index is 4.96. The van der Waals surface area contributed by atoms with E-state index >= 15 is 0 Å². The average Bonchev–Trinajstić information content (AvgIpc) is 2.35. The van der Waals surface area contributed by atoms with Gasteiger partial charge in [-0.15, -0.1) is 0 Å². The molecule has 0 aliphatic heterocycles. The van der Waals surface area contributed by atoms with Gasteiger partial charge in [0.15, 0.2) is 0 Å². The van der Waals surface area contributed by atoms with Gasteiger partial charge in [-0.05, 0) is 6.42 Å². The Labute approximate surface area is 125 Å². The Morgan fingerprint density at radius 3 is 2.16 bits per heavy atom. The van der Waals surface area contributed by atoms with Crippen LogP contribution in [0, 0.1) is 0 Å². The standard InChI is InChI=1S/C9H14Br2F4N2O2/c1-2-3-4-5-9(16(12)13,17(14)15)19-8(18)7(11)6-10/h7H,2-6H2,1H3. The van der Waals surface area contributed by atoms with E-state index in [0.717, 1.165) is 0 Å². The minimum absolute atomic E-state index is 0.0496. The number of rotatable bonds is 9. The second kappa shape index (κ2) is 9.09. The molecule has 1 unspecified atom stereocenters. The summed E-state index contributed by atoms with van der Waals surface area (Å²) < 4.78 is 55.4. The summed E-state index contributed by atoms with van der Waals surface area (Å²) in [6.07, 6.45) is 0.495. The number of esters is 1. The van der Waals surface area contributed by atoms with E-state index in [1.165, 1.54) is 0 Å². The zero-order valence-corrected chi connectivity index (χ0v) is 13.3. The van der Waals surface area contributed by atoms with Crippen LogP contribution in [-0.4, -0.2) is 32.7 Å². The molecular weight excluding hydrogens is 404 g/mol. The Bertz CT molecular complexity index is 277. The highest BCUT2D eigenvalue weighted by molar-refractivity contribution is 9.12. The van der Waals surface area contributed by atoms with Crippen LogP contribution in [0.1, 0.15) is 32.6 Å². The lowest BCUT2D eigenvalue weighted by atomic mass is 10.1. The predicted octanol–water partition coefficient (Wildman–Crippen LogP) is 4.06. The van der Waals surface area contributed by atoms with Crippen LogP contribution in [0.5, 0.6) is 0 Å². The lowest BCUT2D eigenvalue weighted by Crippen LogP contribution is -2.53. The van der Waals surface area contributed by atoms with Gasteiger partial charge in [0.05, 0.1) is 10.7 Å². The van der Waals surface area contributed by atoms with Crippen LogP contribution >= 0.6 is 31.9 Å². The quantitative estimate of drug-likeness (QED) is 0.141. The summed E-state index contributed by atoms with van der Waals surface area (Å²) in [6, 6.07) is 0. The molecule has 0 rings (SSSR count). The van der Waals surface area contributed by atoms with Gasteiger partial charge in [-0.2, -0.15) is 0 Å². The van der Waals surface area contributed by atoms with Gasteiger partial charge in [-0.1, -0.05) is 69.6 Å². The van der Waals surface area contributed by atoms with Crippen molar-refractivity contribution in [2.24, 2.45) is 0 Å². The van der Waals surface area contributed by atoms with Crippen LogP contribution in [0.3, 0.4) is 0 Å². The molecule has 0 aromatic heterocycles. The van der Waals surface area contributed by atoms with Crippen molar-refractivity contribution >= 4 is 37.8 Å². The van der Waals surface area contributed by atoms with E-state index in [0.29, 0.717) is 12.8 Å². The number of hydrogen-bond acceptors (Lipinski definition) is 4. The van der Waals surface area contributed by atoms with Crippen molar-refractivity contribution in [3.63, 3.8) is 0 Å². The monoisotopic (exact) mass is 416 g/mol. The molecule has 0 aromatic carbocycles. The molecule has 0 aromatic rings. The van der Waals surface area contributed by atoms with Crippen molar-refractivity contribution in [3.8, 4) is 0 Å². The number of unbranched alkanes of at least 4 members (excludes halogenated alkanes) is 2. The molecule has 0 saturated heterocycles. The molecule has 0 N–H and O–H groups in total. The van der Waals surface area contributed by atoms with Gasteiger partial charge in [0, 0.05) is 11.8 Å². The third kappa shape index (κ3) is 5.52. The van der Waals surface area contributed by atoms with Gasteiger partial charge in [-0.3, -0.25) is 4.79 Å². The first kappa shape index (κ1) is 19.1. The van der Waals surface area contributed by atoms with Crippen LogP contribution in [-0.2, 0) is 9.53 Å².